The van der Waals surface area contributed by atoms with Gasteiger partial charge < -0.3 is 9.90 Å². The van der Waals surface area contributed by atoms with E-state index in [1.807, 2.05) is 6.92 Å². The van der Waals surface area contributed by atoms with Gasteiger partial charge in [0, 0.05) is 6.42 Å². The van der Waals surface area contributed by atoms with E-state index in [-0.39, 0.29) is 6.10 Å². The average Bonchev–Trinajstić information content (AvgIpc) is 2.15. The zero-order valence-electron chi connectivity index (χ0n) is 10.9. The van der Waals surface area contributed by atoms with Crippen molar-refractivity contribution < 1.29 is 9.90 Å². The van der Waals surface area contributed by atoms with Gasteiger partial charge in [-0.2, -0.15) is 0 Å². The molecule has 0 aliphatic heterocycles. The Kier molecular flexibility index (Phi) is 15.5. The number of aliphatic hydroxyl groups is 1. The number of ketones is 1. The van der Waals surface area contributed by atoms with Crippen molar-refractivity contribution in [1.29, 1.82) is 0 Å². The predicted octanol–water partition coefficient (Wildman–Crippen LogP) is 3.71. The molecular formula is C13H28O2. The number of unbranched alkanes of at least 4 members (excludes halogenated alkanes) is 3. The van der Waals surface area contributed by atoms with Crippen molar-refractivity contribution in [3.8, 4) is 0 Å². The Bertz CT molecular complexity index is 130. The Balaban J connectivity index is 0. The Labute approximate surface area is 95.1 Å². The molecule has 0 aromatic heterocycles. The summed E-state index contributed by atoms with van der Waals surface area (Å²) in [7, 11) is 0. The Hall–Kier alpha value is -0.370. The number of rotatable bonds is 7. The van der Waals surface area contributed by atoms with Gasteiger partial charge in [-0.25, -0.2) is 0 Å². The van der Waals surface area contributed by atoms with Crippen molar-refractivity contribution in [2.45, 2.75) is 78.7 Å². The molecule has 0 aromatic rings. The van der Waals surface area contributed by atoms with E-state index in [1.165, 1.54) is 19.3 Å². The SMILES string of the molecule is CCCCC(C)O.CCCCCC(C)=O. The molecular weight excluding hydrogens is 188 g/mol. The summed E-state index contributed by atoms with van der Waals surface area (Å²) in [6, 6.07) is 0. The van der Waals surface area contributed by atoms with E-state index < -0.39 is 0 Å². The fourth-order valence-corrected chi connectivity index (χ4v) is 1.12. The number of carbonyl (C=O) groups is 1. The highest BCUT2D eigenvalue weighted by Crippen LogP contribution is 1.98. The molecule has 0 bridgehead atoms. The van der Waals surface area contributed by atoms with Crippen molar-refractivity contribution >= 4 is 5.78 Å². The van der Waals surface area contributed by atoms with Gasteiger partial charge in [0.25, 0.3) is 0 Å². The summed E-state index contributed by atoms with van der Waals surface area (Å²) in [5.74, 6) is 0.318. The first-order valence-corrected chi connectivity index (χ1v) is 6.22. The molecule has 15 heavy (non-hydrogen) atoms. The van der Waals surface area contributed by atoms with E-state index in [0.29, 0.717) is 5.78 Å². The number of hydrogen-bond acceptors (Lipinski definition) is 2. The standard InChI is InChI=1S/C7H14O.C6H14O/c1-3-4-5-6-7(2)8;1-3-4-5-6(2)7/h3-6H2,1-2H3;6-7H,3-5H2,1-2H3. The lowest BCUT2D eigenvalue weighted by Gasteiger charge is -1.98. The summed E-state index contributed by atoms with van der Waals surface area (Å²) in [5, 5.41) is 8.68. The van der Waals surface area contributed by atoms with E-state index >= 15 is 0 Å². The highest BCUT2D eigenvalue weighted by atomic mass is 16.3. The van der Waals surface area contributed by atoms with Crippen molar-refractivity contribution in [3.05, 3.63) is 0 Å². The molecule has 0 amide bonds. The average molecular weight is 216 g/mol. The molecule has 0 saturated heterocycles. The Morgan fingerprint density at radius 2 is 1.67 bits per heavy atom. The number of Topliss-reactive ketones (excluding diaryl/α,β-unsaturated/α-hetero) is 1. The largest absolute Gasteiger partial charge is 0.393 e. The van der Waals surface area contributed by atoms with Gasteiger partial charge >= 0.3 is 0 Å². The third kappa shape index (κ3) is 24.8. The summed E-state index contributed by atoms with van der Waals surface area (Å²) in [4.78, 5) is 10.3. The Morgan fingerprint density at radius 3 is 1.93 bits per heavy atom. The molecule has 1 atom stereocenters. The third-order valence-corrected chi connectivity index (χ3v) is 2.11. The van der Waals surface area contributed by atoms with Crippen LogP contribution in [0.25, 0.3) is 0 Å². The fraction of sp³-hybridized carbons (Fsp3) is 0.923. The van der Waals surface area contributed by atoms with Crippen LogP contribution in [0, 0.1) is 0 Å². The van der Waals surface area contributed by atoms with Crippen LogP contribution in [-0.4, -0.2) is 17.0 Å². The van der Waals surface area contributed by atoms with Crippen LogP contribution in [-0.2, 0) is 4.79 Å². The van der Waals surface area contributed by atoms with Crippen molar-refractivity contribution in [3.63, 3.8) is 0 Å². The van der Waals surface area contributed by atoms with E-state index in [0.717, 1.165) is 25.7 Å². The topological polar surface area (TPSA) is 37.3 Å². The predicted molar refractivity (Wildman–Crippen MR) is 66.0 cm³/mol. The summed E-state index contributed by atoms with van der Waals surface area (Å²) in [6.07, 6.45) is 7.44. The quantitative estimate of drug-likeness (QED) is 0.659. The third-order valence-electron chi connectivity index (χ3n) is 2.11. The van der Waals surface area contributed by atoms with Crippen molar-refractivity contribution in [1.82, 2.24) is 0 Å². The van der Waals surface area contributed by atoms with Gasteiger partial charge in [0.2, 0.25) is 0 Å². The van der Waals surface area contributed by atoms with Gasteiger partial charge in [0.1, 0.15) is 5.78 Å². The second-order valence-electron chi connectivity index (χ2n) is 4.15. The molecule has 2 nitrogen and oxygen atoms in total. The molecule has 92 valence electrons. The highest BCUT2D eigenvalue weighted by Gasteiger charge is 1.90. The second-order valence-corrected chi connectivity index (χ2v) is 4.15. The van der Waals surface area contributed by atoms with E-state index in [4.69, 9.17) is 5.11 Å². The van der Waals surface area contributed by atoms with Crippen LogP contribution in [0.5, 0.6) is 0 Å². The van der Waals surface area contributed by atoms with Crippen molar-refractivity contribution in [2.75, 3.05) is 0 Å². The van der Waals surface area contributed by atoms with Crippen LogP contribution in [0.2, 0.25) is 0 Å². The lowest BCUT2D eigenvalue weighted by molar-refractivity contribution is -0.117. The Morgan fingerprint density at radius 1 is 1.13 bits per heavy atom. The van der Waals surface area contributed by atoms with Gasteiger partial charge in [-0.05, 0) is 26.7 Å². The zero-order valence-corrected chi connectivity index (χ0v) is 10.9. The maximum Gasteiger partial charge on any atom is 0.129 e. The van der Waals surface area contributed by atoms with Crippen LogP contribution in [0.3, 0.4) is 0 Å². The molecule has 0 aliphatic rings. The molecule has 0 aromatic carbocycles. The molecule has 2 heteroatoms. The normalized spacial score (nSPS) is 11.5. The van der Waals surface area contributed by atoms with Gasteiger partial charge in [-0.1, -0.05) is 39.5 Å². The first-order valence-electron chi connectivity index (χ1n) is 6.22. The van der Waals surface area contributed by atoms with Crippen LogP contribution < -0.4 is 0 Å². The van der Waals surface area contributed by atoms with Gasteiger partial charge in [0.15, 0.2) is 0 Å². The first-order chi connectivity index (χ1) is 7.04. The van der Waals surface area contributed by atoms with E-state index in [2.05, 4.69) is 13.8 Å². The molecule has 0 heterocycles. The van der Waals surface area contributed by atoms with Crippen LogP contribution >= 0.6 is 0 Å². The lowest BCUT2D eigenvalue weighted by atomic mass is 10.2. The summed E-state index contributed by atoms with van der Waals surface area (Å²) in [5.41, 5.74) is 0. The fourth-order valence-electron chi connectivity index (χ4n) is 1.12. The first kappa shape index (κ1) is 17.0. The van der Waals surface area contributed by atoms with Crippen molar-refractivity contribution in [2.24, 2.45) is 0 Å². The molecule has 1 unspecified atom stereocenters. The maximum atomic E-state index is 10.3. The minimum Gasteiger partial charge on any atom is -0.393 e. The smallest absolute Gasteiger partial charge is 0.129 e. The summed E-state index contributed by atoms with van der Waals surface area (Å²) < 4.78 is 0. The lowest BCUT2D eigenvalue weighted by Crippen LogP contribution is -1.97. The maximum absolute atomic E-state index is 10.3. The van der Waals surface area contributed by atoms with E-state index in [9.17, 15) is 4.79 Å². The summed E-state index contributed by atoms with van der Waals surface area (Å²) >= 11 is 0. The van der Waals surface area contributed by atoms with Gasteiger partial charge in [-0.3, -0.25) is 0 Å². The zero-order chi connectivity index (χ0) is 12.1. The number of aliphatic hydroxyl groups excluding tert-OH is 1. The van der Waals surface area contributed by atoms with Gasteiger partial charge in [0.05, 0.1) is 6.10 Å². The van der Waals surface area contributed by atoms with Crippen LogP contribution in [0.15, 0.2) is 0 Å². The molecule has 0 rings (SSSR count). The number of carbonyl (C=O) groups excluding carboxylic acids is 1. The monoisotopic (exact) mass is 216 g/mol. The van der Waals surface area contributed by atoms with Crippen LogP contribution in [0.1, 0.15) is 72.6 Å². The molecule has 0 aliphatic carbocycles. The molecule has 1 N–H and O–H groups in total. The number of hydrogen-bond donors (Lipinski definition) is 1. The highest BCUT2D eigenvalue weighted by molar-refractivity contribution is 5.75. The minimum atomic E-state index is -0.0973. The van der Waals surface area contributed by atoms with E-state index in [1.54, 1.807) is 6.92 Å². The summed E-state index contributed by atoms with van der Waals surface area (Å²) in [6.45, 7) is 7.74. The molecule has 0 radical (unpaired) electrons. The van der Waals surface area contributed by atoms with Crippen LogP contribution in [0.4, 0.5) is 0 Å². The van der Waals surface area contributed by atoms with Gasteiger partial charge in [-0.15, -0.1) is 0 Å². The molecule has 0 saturated carbocycles. The minimum absolute atomic E-state index is 0.0973. The molecule has 0 fully saturated rings. The second kappa shape index (κ2) is 13.6. The molecule has 0 spiro atoms.